The van der Waals surface area contributed by atoms with Gasteiger partial charge in [-0.1, -0.05) is 24.3 Å². The zero-order chi connectivity index (χ0) is 16.2. The molecule has 0 spiro atoms. The van der Waals surface area contributed by atoms with Crippen molar-refractivity contribution in [2.75, 3.05) is 0 Å². The van der Waals surface area contributed by atoms with E-state index in [0.717, 1.165) is 11.1 Å². The molecule has 0 saturated heterocycles. The summed E-state index contributed by atoms with van der Waals surface area (Å²) < 4.78 is 1.72. The van der Waals surface area contributed by atoms with Gasteiger partial charge >= 0.3 is 0 Å². The normalized spacial score (nSPS) is 11.6. The average Bonchev–Trinajstić information content (AvgIpc) is 3.10. The van der Waals surface area contributed by atoms with Crippen LogP contribution in [0.15, 0.2) is 61.2 Å². The first-order valence-electron chi connectivity index (χ1n) is 6.93. The molecule has 0 saturated carbocycles. The van der Waals surface area contributed by atoms with Crippen LogP contribution in [0.4, 0.5) is 0 Å². The Morgan fingerprint density at radius 3 is 2.17 bits per heavy atom. The Hall–Kier alpha value is -3.46. The molecule has 2 aromatic carbocycles. The molecule has 1 aromatic heterocycles. The molecule has 0 aliphatic carbocycles. The highest BCUT2D eigenvalue weighted by Gasteiger charge is 2.17. The zero-order valence-corrected chi connectivity index (χ0v) is 12.1. The van der Waals surface area contributed by atoms with Gasteiger partial charge in [0, 0.05) is 5.56 Å². The molecule has 1 unspecified atom stereocenters. The van der Waals surface area contributed by atoms with Gasteiger partial charge in [-0.25, -0.2) is 9.67 Å². The predicted octanol–water partition coefficient (Wildman–Crippen LogP) is 1.89. The molecule has 0 aliphatic rings. The molecule has 112 valence electrons. The van der Waals surface area contributed by atoms with E-state index in [4.69, 9.17) is 11.0 Å². The summed E-state index contributed by atoms with van der Waals surface area (Å²) in [4.78, 5) is 15.2. The van der Waals surface area contributed by atoms with Gasteiger partial charge in [-0.05, 0) is 35.4 Å². The second kappa shape index (κ2) is 6.12. The average molecular weight is 303 g/mol. The quantitative estimate of drug-likeness (QED) is 0.795. The van der Waals surface area contributed by atoms with Crippen molar-refractivity contribution >= 4 is 5.91 Å². The van der Waals surface area contributed by atoms with E-state index in [9.17, 15) is 4.79 Å². The number of hydrogen-bond donors (Lipinski definition) is 1. The number of nitrogens with zero attached hydrogens (tertiary/aromatic N) is 4. The van der Waals surface area contributed by atoms with Gasteiger partial charge in [0.25, 0.3) is 0 Å². The zero-order valence-electron chi connectivity index (χ0n) is 12.1. The van der Waals surface area contributed by atoms with E-state index in [0.29, 0.717) is 11.1 Å². The first-order valence-corrected chi connectivity index (χ1v) is 6.93. The SMILES string of the molecule is N#Cc1ccc(C(c2ccc(C(N)=O)cc2)n2cncn2)cc1. The van der Waals surface area contributed by atoms with Crippen molar-refractivity contribution in [1.82, 2.24) is 14.8 Å². The number of nitrogens with two attached hydrogens (primary N) is 1. The van der Waals surface area contributed by atoms with Gasteiger partial charge in [-0.2, -0.15) is 10.4 Å². The summed E-state index contributed by atoms with van der Waals surface area (Å²) in [6.45, 7) is 0. The number of nitriles is 1. The number of amides is 1. The van der Waals surface area contributed by atoms with E-state index in [1.807, 2.05) is 24.3 Å². The number of rotatable bonds is 4. The van der Waals surface area contributed by atoms with Crippen molar-refractivity contribution in [3.8, 4) is 6.07 Å². The van der Waals surface area contributed by atoms with E-state index in [1.54, 1.807) is 35.3 Å². The largest absolute Gasteiger partial charge is 0.366 e. The molecule has 0 radical (unpaired) electrons. The van der Waals surface area contributed by atoms with Crippen molar-refractivity contribution in [3.05, 3.63) is 83.4 Å². The minimum atomic E-state index is -0.466. The highest BCUT2D eigenvalue weighted by atomic mass is 16.1. The van der Waals surface area contributed by atoms with Crippen LogP contribution in [0.1, 0.15) is 33.1 Å². The van der Waals surface area contributed by atoms with E-state index < -0.39 is 5.91 Å². The third-order valence-electron chi connectivity index (χ3n) is 3.57. The summed E-state index contributed by atoms with van der Waals surface area (Å²) in [5, 5.41) is 13.1. The Balaban J connectivity index is 2.05. The molecule has 2 N–H and O–H groups in total. The molecule has 6 nitrogen and oxygen atoms in total. The Bertz CT molecular complexity index is 846. The number of aromatic nitrogens is 3. The van der Waals surface area contributed by atoms with Crippen LogP contribution < -0.4 is 5.73 Å². The van der Waals surface area contributed by atoms with Crippen LogP contribution in [0.25, 0.3) is 0 Å². The second-order valence-corrected chi connectivity index (χ2v) is 5.00. The number of primary amides is 1. The smallest absolute Gasteiger partial charge is 0.248 e. The minimum absolute atomic E-state index is 0.202. The number of carbonyl (C=O) groups excluding carboxylic acids is 1. The van der Waals surface area contributed by atoms with E-state index in [2.05, 4.69) is 16.2 Å². The molecule has 3 rings (SSSR count). The Morgan fingerprint density at radius 2 is 1.70 bits per heavy atom. The standard InChI is InChI=1S/C17H13N5O/c18-9-12-1-3-13(4-2-12)16(22-11-20-10-21-22)14-5-7-15(8-6-14)17(19)23/h1-8,10-11,16H,(H2,19,23). The minimum Gasteiger partial charge on any atom is -0.366 e. The topological polar surface area (TPSA) is 97.6 Å². The lowest BCUT2D eigenvalue weighted by atomic mass is 9.97. The van der Waals surface area contributed by atoms with Crippen molar-refractivity contribution in [2.24, 2.45) is 5.73 Å². The van der Waals surface area contributed by atoms with Gasteiger partial charge in [0.15, 0.2) is 0 Å². The van der Waals surface area contributed by atoms with Crippen molar-refractivity contribution in [1.29, 1.82) is 5.26 Å². The molecule has 0 aliphatic heterocycles. The molecule has 1 amide bonds. The monoisotopic (exact) mass is 303 g/mol. The van der Waals surface area contributed by atoms with Crippen LogP contribution in [-0.2, 0) is 0 Å². The lowest BCUT2D eigenvalue weighted by Crippen LogP contribution is -2.14. The van der Waals surface area contributed by atoms with Gasteiger partial charge in [0.2, 0.25) is 5.91 Å². The maximum Gasteiger partial charge on any atom is 0.248 e. The Labute approximate surface area is 132 Å². The van der Waals surface area contributed by atoms with Crippen LogP contribution >= 0.6 is 0 Å². The Kier molecular flexibility index (Phi) is 3.85. The fraction of sp³-hybridized carbons (Fsp3) is 0.0588. The molecule has 6 heteroatoms. The second-order valence-electron chi connectivity index (χ2n) is 5.00. The van der Waals surface area contributed by atoms with Crippen LogP contribution in [-0.4, -0.2) is 20.7 Å². The van der Waals surface area contributed by atoms with Crippen LogP contribution in [0.2, 0.25) is 0 Å². The van der Waals surface area contributed by atoms with E-state index >= 15 is 0 Å². The third kappa shape index (κ3) is 2.94. The molecule has 0 bridgehead atoms. The summed E-state index contributed by atoms with van der Waals surface area (Å²) >= 11 is 0. The highest BCUT2D eigenvalue weighted by molar-refractivity contribution is 5.92. The predicted molar refractivity (Wildman–Crippen MR) is 83.4 cm³/mol. The lowest BCUT2D eigenvalue weighted by Gasteiger charge is -2.18. The van der Waals surface area contributed by atoms with Gasteiger partial charge in [-0.3, -0.25) is 4.79 Å². The molecular formula is C17H13N5O. The molecular weight excluding hydrogens is 290 g/mol. The maximum absolute atomic E-state index is 11.2. The van der Waals surface area contributed by atoms with Crippen molar-refractivity contribution in [3.63, 3.8) is 0 Å². The first-order chi connectivity index (χ1) is 11.2. The summed E-state index contributed by atoms with van der Waals surface area (Å²) in [5.74, 6) is -0.466. The number of benzene rings is 2. The number of carbonyl (C=O) groups is 1. The summed E-state index contributed by atoms with van der Waals surface area (Å²) in [5.41, 5.74) is 8.22. The van der Waals surface area contributed by atoms with Crippen molar-refractivity contribution in [2.45, 2.75) is 6.04 Å². The molecule has 1 atom stereocenters. The van der Waals surface area contributed by atoms with Gasteiger partial charge < -0.3 is 5.73 Å². The van der Waals surface area contributed by atoms with Crippen LogP contribution in [0.3, 0.4) is 0 Å². The van der Waals surface area contributed by atoms with E-state index in [1.165, 1.54) is 6.33 Å². The Morgan fingerprint density at radius 1 is 1.09 bits per heavy atom. The molecule has 1 heterocycles. The number of hydrogen-bond acceptors (Lipinski definition) is 4. The summed E-state index contributed by atoms with van der Waals surface area (Å²) in [6.07, 6.45) is 3.10. The van der Waals surface area contributed by atoms with Crippen LogP contribution in [0, 0.1) is 11.3 Å². The third-order valence-corrected chi connectivity index (χ3v) is 3.57. The highest BCUT2D eigenvalue weighted by Crippen LogP contribution is 2.26. The van der Waals surface area contributed by atoms with Gasteiger partial charge in [0.05, 0.1) is 11.6 Å². The summed E-state index contributed by atoms with van der Waals surface area (Å²) in [7, 11) is 0. The van der Waals surface area contributed by atoms with Crippen LogP contribution in [0.5, 0.6) is 0 Å². The van der Waals surface area contributed by atoms with Gasteiger partial charge in [-0.15, -0.1) is 0 Å². The molecule has 0 fully saturated rings. The molecule has 3 aromatic rings. The van der Waals surface area contributed by atoms with E-state index in [-0.39, 0.29) is 6.04 Å². The lowest BCUT2D eigenvalue weighted by molar-refractivity contribution is 0.100. The van der Waals surface area contributed by atoms with Crippen molar-refractivity contribution < 1.29 is 4.79 Å². The first kappa shape index (κ1) is 14.5. The summed E-state index contributed by atoms with van der Waals surface area (Å²) in [6, 6.07) is 16.2. The maximum atomic E-state index is 11.2. The fourth-order valence-corrected chi connectivity index (χ4v) is 2.42. The molecule has 23 heavy (non-hydrogen) atoms. The van der Waals surface area contributed by atoms with Gasteiger partial charge in [0.1, 0.15) is 18.7 Å². The fourth-order valence-electron chi connectivity index (χ4n) is 2.42.